The quantitative estimate of drug-likeness (QED) is 0.743. The minimum absolute atomic E-state index is 0.106. The summed E-state index contributed by atoms with van der Waals surface area (Å²) in [7, 11) is 0. The summed E-state index contributed by atoms with van der Waals surface area (Å²) >= 11 is 5.73. The van der Waals surface area contributed by atoms with Crippen LogP contribution in [0.3, 0.4) is 0 Å². The molecule has 2 nitrogen and oxygen atoms in total. The fourth-order valence-corrected chi connectivity index (χ4v) is 1.86. The molecule has 0 N–H and O–H groups in total. The zero-order valence-electron chi connectivity index (χ0n) is 11.5. The molecule has 100 valence electrons. The number of nitrogens with zero attached hydrogens (tertiary/aromatic N) is 1. The number of hydrogen-bond donors (Lipinski definition) is 0. The molecule has 0 aliphatic rings. The highest BCUT2D eigenvalue weighted by Gasteiger charge is 2.14. The lowest BCUT2D eigenvalue weighted by molar-refractivity contribution is 0.459. The molecule has 0 aliphatic heterocycles. The van der Waals surface area contributed by atoms with E-state index in [0.29, 0.717) is 11.8 Å². The molecular formula is C16H18ClNO. The first kappa shape index (κ1) is 13.9. The zero-order chi connectivity index (χ0) is 13.9. The third-order valence-electron chi connectivity index (χ3n) is 2.87. The first-order valence-electron chi connectivity index (χ1n) is 6.28. The van der Waals surface area contributed by atoms with Gasteiger partial charge in [0, 0.05) is 18.1 Å². The molecule has 0 saturated carbocycles. The van der Waals surface area contributed by atoms with E-state index in [1.165, 1.54) is 5.56 Å². The van der Waals surface area contributed by atoms with E-state index in [2.05, 4.69) is 37.9 Å². The Kier molecular flexibility index (Phi) is 4.11. The lowest BCUT2D eigenvalue weighted by atomic mass is 9.87. The molecule has 19 heavy (non-hydrogen) atoms. The Morgan fingerprint density at radius 3 is 2.53 bits per heavy atom. The Morgan fingerprint density at radius 2 is 1.95 bits per heavy atom. The van der Waals surface area contributed by atoms with Crippen LogP contribution in [0.25, 0.3) is 0 Å². The second kappa shape index (κ2) is 5.62. The van der Waals surface area contributed by atoms with Crippen molar-refractivity contribution >= 4 is 11.6 Å². The predicted molar refractivity (Wildman–Crippen MR) is 79.0 cm³/mol. The Bertz CT molecular complexity index is 543. The Morgan fingerprint density at radius 1 is 1.16 bits per heavy atom. The van der Waals surface area contributed by atoms with Crippen LogP contribution in [0.15, 0.2) is 42.6 Å². The van der Waals surface area contributed by atoms with Crippen molar-refractivity contribution in [1.82, 2.24) is 4.98 Å². The average Bonchev–Trinajstić information content (AvgIpc) is 2.39. The van der Waals surface area contributed by atoms with E-state index in [-0.39, 0.29) is 5.41 Å². The molecule has 2 aromatic rings. The van der Waals surface area contributed by atoms with Gasteiger partial charge < -0.3 is 4.74 Å². The summed E-state index contributed by atoms with van der Waals surface area (Å²) in [6, 6.07) is 11.9. The van der Waals surface area contributed by atoms with Crippen molar-refractivity contribution in [2.45, 2.75) is 32.1 Å². The number of benzene rings is 1. The smallest absolute Gasteiger partial charge is 0.219 e. The topological polar surface area (TPSA) is 22.1 Å². The fourth-order valence-electron chi connectivity index (χ4n) is 1.70. The van der Waals surface area contributed by atoms with Crippen LogP contribution in [0.2, 0.25) is 0 Å². The molecule has 3 heteroatoms. The van der Waals surface area contributed by atoms with E-state index in [0.717, 1.165) is 11.3 Å². The third-order valence-corrected chi connectivity index (χ3v) is 3.18. The first-order valence-corrected chi connectivity index (χ1v) is 6.82. The summed E-state index contributed by atoms with van der Waals surface area (Å²) in [6.45, 7) is 6.54. The predicted octanol–water partition coefficient (Wildman–Crippen LogP) is 4.91. The van der Waals surface area contributed by atoms with Gasteiger partial charge in [-0.2, -0.15) is 0 Å². The molecule has 0 atom stereocenters. The van der Waals surface area contributed by atoms with Crippen LogP contribution < -0.4 is 4.74 Å². The Labute approximate surface area is 119 Å². The second-order valence-corrected chi connectivity index (χ2v) is 5.79. The third kappa shape index (κ3) is 3.71. The highest BCUT2D eigenvalue weighted by molar-refractivity contribution is 6.17. The maximum atomic E-state index is 5.76. The van der Waals surface area contributed by atoms with E-state index in [1.807, 2.05) is 24.3 Å². The van der Waals surface area contributed by atoms with Gasteiger partial charge in [0.1, 0.15) is 5.75 Å². The number of pyridine rings is 1. The van der Waals surface area contributed by atoms with E-state index < -0.39 is 0 Å². The lowest BCUT2D eigenvalue weighted by Gasteiger charge is -2.19. The van der Waals surface area contributed by atoms with E-state index in [4.69, 9.17) is 16.3 Å². The summed E-state index contributed by atoms with van der Waals surface area (Å²) in [5.41, 5.74) is 2.33. The van der Waals surface area contributed by atoms with Crippen LogP contribution in [0, 0.1) is 0 Å². The molecular weight excluding hydrogens is 258 g/mol. The van der Waals surface area contributed by atoms with Crippen molar-refractivity contribution in [3.8, 4) is 11.6 Å². The van der Waals surface area contributed by atoms with Crippen LogP contribution in [-0.2, 0) is 11.3 Å². The van der Waals surface area contributed by atoms with Crippen molar-refractivity contribution in [2.75, 3.05) is 0 Å². The van der Waals surface area contributed by atoms with Gasteiger partial charge >= 0.3 is 0 Å². The minimum atomic E-state index is 0.106. The van der Waals surface area contributed by atoms with E-state index in [1.54, 1.807) is 6.20 Å². The van der Waals surface area contributed by atoms with Crippen LogP contribution in [0.1, 0.15) is 31.9 Å². The number of alkyl halides is 1. The van der Waals surface area contributed by atoms with Crippen LogP contribution in [0.4, 0.5) is 0 Å². The van der Waals surface area contributed by atoms with Gasteiger partial charge in [-0.05, 0) is 28.7 Å². The lowest BCUT2D eigenvalue weighted by Crippen LogP contribution is -2.10. The highest BCUT2D eigenvalue weighted by Crippen LogP contribution is 2.27. The summed E-state index contributed by atoms with van der Waals surface area (Å²) in [5.74, 6) is 1.85. The number of hydrogen-bond acceptors (Lipinski definition) is 2. The van der Waals surface area contributed by atoms with Gasteiger partial charge in [0.05, 0.1) is 0 Å². The molecule has 0 bridgehead atoms. The maximum Gasteiger partial charge on any atom is 0.219 e. The second-order valence-electron chi connectivity index (χ2n) is 5.52. The maximum absolute atomic E-state index is 5.76. The van der Waals surface area contributed by atoms with Gasteiger partial charge in [0.15, 0.2) is 0 Å². The average molecular weight is 276 g/mol. The summed E-state index contributed by atoms with van der Waals surface area (Å²) in [4.78, 5) is 4.23. The monoisotopic (exact) mass is 275 g/mol. The van der Waals surface area contributed by atoms with Gasteiger partial charge in [0.25, 0.3) is 0 Å². The summed E-state index contributed by atoms with van der Waals surface area (Å²) < 4.78 is 5.76. The number of rotatable bonds is 3. The summed E-state index contributed by atoms with van der Waals surface area (Å²) in [6.07, 6.45) is 1.73. The van der Waals surface area contributed by atoms with Crippen LogP contribution in [0.5, 0.6) is 11.6 Å². The standard InChI is InChI=1S/C16H18ClNO/c1-16(2,3)13-5-4-6-14(9-13)19-15-8-7-12(10-17)11-18-15/h4-9,11H,10H2,1-3H3. The van der Waals surface area contributed by atoms with Gasteiger partial charge in [0.2, 0.25) is 5.88 Å². The molecule has 0 spiro atoms. The molecule has 0 fully saturated rings. The molecule has 0 saturated heterocycles. The normalized spacial score (nSPS) is 11.4. The number of halogens is 1. The van der Waals surface area contributed by atoms with Gasteiger partial charge in [-0.3, -0.25) is 0 Å². The van der Waals surface area contributed by atoms with Crippen molar-refractivity contribution < 1.29 is 4.74 Å². The SMILES string of the molecule is CC(C)(C)c1cccc(Oc2ccc(CCl)cn2)c1. The number of aromatic nitrogens is 1. The molecule has 0 unspecified atom stereocenters. The highest BCUT2D eigenvalue weighted by atomic mass is 35.5. The molecule has 1 aromatic heterocycles. The van der Waals surface area contributed by atoms with Crippen molar-refractivity contribution in [1.29, 1.82) is 0 Å². The van der Waals surface area contributed by atoms with Gasteiger partial charge in [-0.25, -0.2) is 4.98 Å². The minimum Gasteiger partial charge on any atom is -0.439 e. The van der Waals surface area contributed by atoms with Crippen molar-refractivity contribution in [3.05, 3.63) is 53.7 Å². The molecule has 0 aliphatic carbocycles. The molecule has 0 radical (unpaired) electrons. The van der Waals surface area contributed by atoms with Crippen LogP contribution >= 0.6 is 11.6 Å². The van der Waals surface area contributed by atoms with Crippen molar-refractivity contribution in [2.24, 2.45) is 0 Å². The molecule has 1 heterocycles. The molecule has 2 rings (SSSR count). The summed E-state index contributed by atoms with van der Waals surface area (Å²) in [5, 5.41) is 0. The first-order chi connectivity index (χ1) is 8.99. The van der Waals surface area contributed by atoms with Crippen molar-refractivity contribution in [3.63, 3.8) is 0 Å². The largest absolute Gasteiger partial charge is 0.439 e. The Hall–Kier alpha value is -1.54. The van der Waals surface area contributed by atoms with Gasteiger partial charge in [-0.15, -0.1) is 11.6 Å². The Balaban J connectivity index is 2.18. The van der Waals surface area contributed by atoms with Gasteiger partial charge in [-0.1, -0.05) is 39.0 Å². The molecule has 1 aromatic carbocycles. The molecule has 0 amide bonds. The fraction of sp³-hybridized carbons (Fsp3) is 0.312. The number of ether oxygens (including phenoxy) is 1. The van der Waals surface area contributed by atoms with E-state index >= 15 is 0 Å². The zero-order valence-corrected chi connectivity index (χ0v) is 12.2. The van der Waals surface area contributed by atoms with Crippen LogP contribution in [-0.4, -0.2) is 4.98 Å². The van der Waals surface area contributed by atoms with E-state index in [9.17, 15) is 0 Å².